The molecule has 0 bridgehead atoms. The second kappa shape index (κ2) is 5.89. The third-order valence-electron chi connectivity index (χ3n) is 2.90. The molecule has 98 valence electrons. The molecule has 0 unspecified atom stereocenters. The van der Waals surface area contributed by atoms with Crippen molar-refractivity contribution >= 4 is 18.5 Å². The summed E-state index contributed by atoms with van der Waals surface area (Å²) in [5.41, 5.74) is 2.12. The van der Waals surface area contributed by atoms with Crippen LogP contribution in [0.5, 0.6) is 0 Å². The first-order valence-corrected chi connectivity index (χ1v) is 6.34. The van der Waals surface area contributed by atoms with Crippen LogP contribution in [0.1, 0.15) is 21.5 Å². The Morgan fingerprint density at radius 1 is 1.26 bits per heavy atom. The van der Waals surface area contributed by atoms with Crippen molar-refractivity contribution in [2.75, 3.05) is 0 Å². The quantitative estimate of drug-likeness (QED) is 0.826. The lowest BCUT2D eigenvalue weighted by Gasteiger charge is -2.08. The van der Waals surface area contributed by atoms with Crippen molar-refractivity contribution in [1.82, 2.24) is 5.32 Å². The molecule has 0 saturated carbocycles. The van der Waals surface area contributed by atoms with Gasteiger partial charge in [-0.2, -0.15) is 0 Å². The number of aryl methyl sites for hydroxylation is 1. The van der Waals surface area contributed by atoms with Crippen LogP contribution in [-0.4, -0.2) is 5.91 Å². The molecule has 0 saturated heterocycles. The van der Waals surface area contributed by atoms with Crippen LogP contribution in [0.2, 0.25) is 0 Å². The summed E-state index contributed by atoms with van der Waals surface area (Å²) in [6, 6.07) is 11.9. The fourth-order valence-electron chi connectivity index (χ4n) is 1.77. The largest absolute Gasteiger partial charge is 0.348 e. The Kier molecular flexibility index (Phi) is 4.22. The second-order valence-electron chi connectivity index (χ2n) is 4.27. The normalized spacial score (nSPS) is 10.3. The summed E-state index contributed by atoms with van der Waals surface area (Å²) in [7, 11) is 0. The van der Waals surface area contributed by atoms with E-state index in [1.807, 2.05) is 31.2 Å². The summed E-state index contributed by atoms with van der Waals surface area (Å²) in [5, 5.41) is 2.71. The van der Waals surface area contributed by atoms with Gasteiger partial charge in [0.2, 0.25) is 0 Å². The first kappa shape index (κ1) is 13.6. The molecule has 0 radical (unpaired) electrons. The van der Waals surface area contributed by atoms with Crippen LogP contribution in [0, 0.1) is 12.7 Å². The molecule has 19 heavy (non-hydrogen) atoms. The monoisotopic (exact) mass is 275 g/mol. The van der Waals surface area contributed by atoms with Gasteiger partial charge in [-0.25, -0.2) is 4.39 Å². The van der Waals surface area contributed by atoms with Gasteiger partial charge in [-0.05, 0) is 36.2 Å². The smallest absolute Gasteiger partial charge is 0.254 e. The van der Waals surface area contributed by atoms with Crippen molar-refractivity contribution in [1.29, 1.82) is 0 Å². The lowest BCUT2D eigenvalue weighted by molar-refractivity contribution is 0.0946. The number of hydrogen-bond donors (Lipinski definition) is 2. The summed E-state index contributed by atoms with van der Waals surface area (Å²) >= 11 is 4.10. The van der Waals surface area contributed by atoms with Gasteiger partial charge < -0.3 is 5.32 Å². The highest BCUT2D eigenvalue weighted by Crippen LogP contribution is 2.14. The number of thiol groups is 1. The average Bonchev–Trinajstić information content (AvgIpc) is 2.40. The third kappa shape index (κ3) is 3.35. The molecule has 2 aromatic rings. The topological polar surface area (TPSA) is 29.1 Å². The number of nitrogens with one attached hydrogen (secondary N) is 1. The first-order chi connectivity index (χ1) is 9.08. The van der Waals surface area contributed by atoms with Crippen molar-refractivity contribution < 1.29 is 9.18 Å². The molecule has 1 amide bonds. The summed E-state index contributed by atoms with van der Waals surface area (Å²) in [6.07, 6.45) is 0. The zero-order chi connectivity index (χ0) is 13.8. The maximum absolute atomic E-state index is 13.5. The van der Waals surface area contributed by atoms with E-state index in [0.717, 1.165) is 11.1 Å². The van der Waals surface area contributed by atoms with Gasteiger partial charge in [-0.15, -0.1) is 12.6 Å². The summed E-state index contributed by atoms with van der Waals surface area (Å²) in [4.78, 5) is 12.5. The molecule has 0 aliphatic rings. The molecular formula is C15H14FNOS. The van der Waals surface area contributed by atoms with Gasteiger partial charge in [0.15, 0.2) is 0 Å². The average molecular weight is 275 g/mol. The molecule has 2 rings (SSSR count). The Bertz CT molecular complexity index is 613. The number of amides is 1. The highest BCUT2D eigenvalue weighted by molar-refractivity contribution is 7.80. The van der Waals surface area contributed by atoms with Gasteiger partial charge >= 0.3 is 0 Å². The molecular weight excluding hydrogens is 261 g/mol. The maximum atomic E-state index is 13.5. The summed E-state index contributed by atoms with van der Waals surface area (Å²) in [6.45, 7) is 2.35. The maximum Gasteiger partial charge on any atom is 0.254 e. The van der Waals surface area contributed by atoms with Crippen LogP contribution in [0.3, 0.4) is 0 Å². The highest BCUT2D eigenvalue weighted by Gasteiger charge is 2.11. The predicted octanol–water partition coefficient (Wildman–Crippen LogP) is 3.35. The van der Waals surface area contributed by atoms with E-state index in [9.17, 15) is 9.18 Å². The number of rotatable bonds is 3. The van der Waals surface area contributed by atoms with Crippen LogP contribution in [0.25, 0.3) is 0 Å². The van der Waals surface area contributed by atoms with E-state index < -0.39 is 11.7 Å². The molecule has 0 fully saturated rings. The highest BCUT2D eigenvalue weighted by atomic mass is 32.1. The van der Waals surface area contributed by atoms with Crippen molar-refractivity contribution in [3.63, 3.8) is 0 Å². The lowest BCUT2D eigenvalue weighted by Crippen LogP contribution is -2.24. The molecule has 4 heteroatoms. The van der Waals surface area contributed by atoms with Gasteiger partial charge in [-0.3, -0.25) is 4.79 Å². The minimum absolute atomic E-state index is 0.0149. The van der Waals surface area contributed by atoms with Crippen molar-refractivity contribution in [2.45, 2.75) is 18.4 Å². The number of benzene rings is 2. The standard InChI is InChI=1S/C15H14FNOS/c1-10-4-2-3-5-11(10)9-17-15(18)13-8-12(19)6-7-14(13)16/h2-8,19H,9H2,1H3,(H,17,18). The Morgan fingerprint density at radius 3 is 2.74 bits per heavy atom. The molecule has 0 atom stereocenters. The summed E-state index contributed by atoms with van der Waals surface area (Å²) < 4.78 is 13.5. The van der Waals surface area contributed by atoms with Crippen molar-refractivity contribution in [2.24, 2.45) is 0 Å². The van der Waals surface area contributed by atoms with Crippen LogP contribution in [0.15, 0.2) is 47.4 Å². The van der Waals surface area contributed by atoms with E-state index in [2.05, 4.69) is 17.9 Å². The van der Waals surface area contributed by atoms with E-state index >= 15 is 0 Å². The molecule has 0 aromatic heterocycles. The Balaban J connectivity index is 2.10. The predicted molar refractivity (Wildman–Crippen MR) is 76.0 cm³/mol. The zero-order valence-corrected chi connectivity index (χ0v) is 11.4. The van der Waals surface area contributed by atoms with Crippen LogP contribution >= 0.6 is 12.6 Å². The minimum Gasteiger partial charge on any atom is -0.348 e. The first-order valence-electron chi connectivity index (χ1n) is 5.89. The molecule has 0 spiro atoms. The van der Waals surface area contributed by atoms with Gasteiger partial charge in [0, 0.05) is 11.4 Å². The van der Waals surface area contributed by atoms with Crippen molar-refractivity contribution in [3.8, 4) is 0 Å². The molecule has 2 aromatic carbocycles. The number of halogens is 1. The zero-order valence-electron chi connectivity index (χ0n) is 10.5. The molecule has 0 aliphatic carbocycles. The van der Waals surface area contributed by atoms with Crippen LogP contribution in [-0.2, 0) is 6.54 Å². The minimum atomic E-state index is -0.542. The fourth-order valence-corrected chi connectivity index (χ4v) is 1.97. The Morgan fingerprint density at radius 2 is 2.00 bits per heavy atom. The van der Waals surface area contributed by atoms with E-state index in [0.29, 0.717) is 11.4 Å². The number of carbonyl (C=O) groups excluding carboxylic acids is 1. The van der Waals surface area contributed by atoms with E-state index in [1.165, 1.54) is 18.2 Å². The van der Waals surface area contributed by atoms with Crippen LogP contribution < -0.4 is 5.32 Å². The van der Waals surface area contributed by atoms with Gasteiger partial charge in [0.25, 0.3) is 5.91 Å². The molecule has 1 N–H and O–H groups in total. The second-order valence-corrected chi connectivity index (χ2v) is 4.79. The Labute approximate surface area is 117 Å². The molecule has 0 aliphatic heterocycles. The Hall–Kier alpha value is -1.81. The van der Waals surface area contributed by atoms with Crippen molar-refractivity contribution in [3.05, 3.63) is 65.0 Å². The third-order valence-corrected chi connectivity index (χ3v) is 3.17. The van der Waals surface area contributed by atoms with Crippen LogP contribution in [0.4, 0.5) is 4.39 Å². The van der Waals surface area contributed by atoms with E-state index in [-0.39, 0.29) is 5.56 Å². The van der Waals surface area contributed by atoms with E-state index in [1.54, 1.807) is 0 Å². The van der Waals surface area contributed by atoms with Gasteiger partial charge in [0.1, 0.15) is 5.82 Å². The molecule has 0 heterocycles. The molecule has 2 nitrogen and oxygen atoms in total. The number of carbonyl (C=O) groups is 1. The number of hydrogen-bond acceptors (Lipinski definition) is 2. The van der Waals surface area contributed by atoms with E-state index in [4.69, 9.17) is 0 Å². The summed E-state index contributed by atoms with van der Waals surface area (Å²) in [5.74, 6) is -0.975. The van der Waals surface area contributed by atoms with Gasteiger partial charge in [-0.1, -0.05) is 24.3 Å². The SMILES string of the molecule is Cc1ccccc1CNC(=O)c1cc(S)ccc1F. The fraction of sp³-hybridized carbons (Fsp3) is 0.133. The van der Waals surface area contributed by atoms with Gasteiger partial charge in [0.05, 0.1) is 5.56 Å². The lowest BCUT2D eigenvalue weighted by atomic mass is 10.1.